The molecule has 0 saturated carbocycles. The van der Waals surface area contributed by atoms with E-state index in [-0.39, 0.29) is 5.91 Å². The Morgan fingerprint density at radius 1 is 1.16 bits per heavy atom. The summed E-state index contributed by atoms with van der Waals surface area (Å²) < 4.78 is 0. The highest BCUT2D eigenvalue weighted by Crippen LogP contribution is 2.31. The van der Waals surface area contributed by atoms with Crippen molar-refractivity contribution in [2.75, 3.05) is 5.73 Å². The fourth-order valence-electron chi connectivity index (χ4n) is 1.48. The van der Waals surface area contributed by atoms with Crippen LogP contribution in [0.1, 0.15) is 38.1 Å². The fourth-order valence-corrected chi connectivity index (χ4v) is 1.48. The molecule has 19 heavy (non-hydrogen) atoms. The van der Waals surface area contributed by atoms with Gasteiger partial charge >= 0.3 is 5.97 Å². The number of aliphatic carboxylic acids is 1. The first-order valence-corrected chi connectivity index (χ1v) is 6.00. The van der Waals surface area contributed by atoms with Crippen molar-refractivity contribution >= 4 is 17.6 Å². The van der Waals surface area contributed by atoms with Gasteiger partial charge in [0.05, 0.1) is 16.5 Å². The lowest BCUT2D eigenvalue weighted by molar-refractivity contribution is -0.150. The third-order valence-electron chi connectivity index (χ3n) is 3.73. The Balaban J connectivity index is 3.00. The summed E-state index contributed by atoms with van der Waals surface area (Å²) in [6.07, 6.45) is 0. The van der Waals surface area contributed by atoms with E-state index in [0.717, 1.165) is 0 Å². The molecule has 0 bridgehead atoms. The van der Waals surface area contributed by atoms with Gasteiger partial charge in [-0.15, -0.1) is 0 Å². The van der Waals surface area contributed by atoms with Gasteiger partial charge in [-0.1, -0.05) is 12.1 Å². The molecule has 0 aliphatic heterocycles. The molecular formula is C14H20N2O3. The molecule has 0 aliphatic carbocycles. The average molecular weight is 264 g/mol. The number of hydrogen-bond acceptors (Lipinski definition) is 3. The molecule has 4 N–H and O–H groups in total. The standard InChI is InChI=1S/C14H20N2O3/c1-13(2,12(18)19)14(3,4)16-11(17)9-7-5-6-8-10(9)15/h5-8H,15H2,1-4H3,(H,16,17)(H,18,19). The molecule has 5 heteroatoms. The molecule has 104 valence electrons. The summed E-state index contributed by atoms with van der Waals surface area (Å²) in [6.45, 7) is 6.50. The Morgan fingerprint density at radius 3 is 2.16 bits per heavy atom. The minimum Gasteiger partial charge on any atom is -0.481 e. The van der Waals surface area contributed by atoms with E-state index in [1.807, 2.05) is 0 Å². The summed E-state index contributed by atoms with van der Waals surface area (Å²) in [7, 11) is 0. The zero-order valence-corrected chi connectivity index (χ0v) is 11.7. The topological polar surface area (TPSA) is 92.4 Å². The van der Waals surface area contributed by atoms with Crippen LogP contribution in [-0.2, 0) is 4.79 Å². The van der Waals surface area contributed by atoms with Crippen LogP contribution in [0.4, 0.5) is 5.69 Å². The minimum absolute atomic E-state index is 0.344. The van der Waals surface area contributed by atoms with Crippen LogP contribution >= 0.6 is 0 Å². The Hall–Kier alpha value is -2.04. The molecule has 0 aromatic heterocycles. The molecular weight excluding hydrogens is 244 g/mol. The van der Waals surface area contributed by atoms with Gasteiger partial charge in [-0.3, -0.25) is 9.59 Å². The summed E-state index contributed by atoms with van der Waals surface area (Å²) in [5, 5.41) is 12.0. The second-order valence-electron chi connectivity index (χ2n) is 5.60. The first-order chi connectivity index (χ1) is 8.59. The number of rotatable bonds is 4. The Kier molecular flexibility index (Phi) is 3.88. The maximum absolute atomic E-state index is 12.2. The van der Waals surface area contributed by atoms with Crippen molar-refractivity contribution in [3.05, 3.63) is 29.8 Å². The van der Waals surface area contributed by atoms with Crippen molar-refractivity contribution in [3.8, 4) is 0 Å². The average Bonchev–Trinajstić information content (AvgIpc) is 2.28. The molecule has 1 rings (SSSR count). The van der Waals surface area contributed by atoms with Gasteiger partial charge in [-0.05, 0) is 39.8 Å². The van der Waals surface area contributed by atoms with E-state index in [9.17, 15) is 14.7 Å². The van der Waals surface area contributed by atoms with E-state index in [1.54, 1.807) is 52.0 Å². The maximum Gasteiger partial charge on any atom is 0.311 e. The van der Waals surface area contributed by atoms with Crippen molar-refractivity contribution in [1.82, 2.24) is 5.32 Å². The highest BCUT2D eigenvalue weighted by atomic mass is 16.4. The fraction of sp³-hybridized carbons (Fsp3) is 0.429. The van der Waals surface area contributed by atoms with Crippen molar-refractivity contribution in [3.63, 3.8) is 0 Å². The first-order valence-electron chi connectivity index (χ1n) is 6.00. The number of amides is 1. The number of carboxylic acids is 1. The van der Waals surface area contributed by atoms with Gasteiger partial charge in [0.15, 0.2) is 0 Å². The van der Waals surface area contributed by atoms with Crippen molar-refractivity contribution < 1.29 is 14.7 Å². The van der Waals surface area contributed by atoms with E-state index in [0.29, 0.717) is 11.3 Å². The first kappa shape index (κ1) is 15.0. The predicted octanol–water partition coefficient (Wildman–Crippen LogP) is 1.89. The molecule has 0 saturated heterocycles. The maximum atomic E-state index is 12.2. The van der Waals surface area contributed by atoms with Crippen LogP contribution in [0.5, 0.6) is 0 Å². The third-order valence-corrected chi connectivity index (χ3v) is 3.73. The number of carbonyl (C=O) groups is 2. The number of nitrogens with one attached hydrogen (secondary N) is 1. The molecule has 1 aromatic carbocycles. The largest absolute Gasteiger partial charge is 0.481 e. The van der Waals surface area contributed by atoms with Gasteiger partial charge in [0.25, 0.3) is 5.91 Å². The SMILES string of the molecule is CC(C)(NC(=O)c1ccccc1N)C(C)(C)C(=O)O. The van der Waals surface area contributed by atoms with Gasteiger partial charge in [-0.2, -0.15) is 0 Å². The molecule has 5 nitrogen and oxygen atoms in total. The lowest BCUT2D eigenvalue weighted by Crippen LogP contribution is -2.57. The number of hydrogen-bond donors (Lipinski definition) is 3. The minimum atomic E-state index is -1.10. The highest BCUT2D eigenvalue weighted by Gasteiger charge is 2.44. The van der Waals surface area contributed by atoms with Crippen LogP contribution in [0.25, 0.3) is 0 Å². The van der Waals surface area contributed by atoms with Gasteiger partial charge in [0.1, 0.15) is 0 Å². The van der Waals surface area contributed by atoms with Gasteiger partial charge in [-0.25, -0.2) is 0 Å². The molecule has 1 aromatic rings. The number of nitrogens with two attached hydrogens (primary N) is 1. The summed E-state index contributed by atoms with van der Waals surface area (Å²) in [4.78, 5) is 23.4. The van der Waals surface area contributed by atoms with Crippen LogP contribution in [0.3, 0.4) is 0 Å². The third kappa shape index (κ3) is 2.86. The molecule has 1 amide bonds. The van der Waals surface area contributed by atoms with Gasteiger partial charge < -0.3 is 16.2 Å². The predicted molar refractivity (Wildman–Crippen MR) is 73.8 cm³/mol. The van der Waals surface area contributed by atoms with Crippen molar-refractivity contribution in [2.24, 2.45) is 5.41 Å². The van der Waals surface area contributed by atoms with Crippen molar-refractivity contribution in [1.29, 1.82) is 0 Å². The van der Waals surface area contributed by atoms with E-state index in [4.69, 9.17) is 5.73 Å². The number of carboxylic acid groups (broad SMARTS) is 1. The lowest BCUT2D eigenvalue weighted by atomic mass is 9.74. The molecule has 0 spiro atoms. The number of anilines is 1. The van der Waals surface area contributed by atoms with Crippen LogP contribution in [0.2, 0.25) is 0 Å². The van der Waals surface area contributed by atoms with Crippen LogP contribution in [0, 0.1) is 5.41 Å². The van der Waals surface area contributed by atoms with E-state index in [1.165, 1.54) is 0 Å². The lowest BCUT2D eigenvalue weighted by Gasteiger charge is -2.38. The Bertz CT molecular complexity index is 507. The molecule has 0 aliphatic rings. The van der Waals surface area contributed by atoms with Crippen molar-refractivity contribution in [2.45, 2.75) is 33.2 Å². The van der Waals surface area contributed by atoms with Crippen LogP contribution < -0.4 is 11.1 Å². The second-order valence-corrected chi connectivity index (χ2v) is 5.60. The molecule has 0 heterocycles. The van der Waals surface area contributed by atoms with E-state index in [2.05, 4.69) is 5.32 Å². The smallest absolute Gasteiger partial charge is 0.311 e. The number of nitrogen functional groups attached to an aromatic ring is 1. The highest BCUT2D eigenvalue weighted by molar-refractivity contribution is 5.99. The van der Waals surface area contributed by atoms with Crippen LogP contribution in [0.15, 0.2) is 24.3 Å². The molecule has 0 unspecified atom stereocenters. The summed E-state index contributed by atoms with van der Waals surface area (Å²) in [5.41, 5.74) is 4.42. The monoisotopic (exact) mass is 264 g/mol. The Morgan fingerprint density at radius 2 is 1.68 bits per heavy atom. The Labute approximate surface area is 112 Å². The molecule has 0 atom stereocenters. The van der Waals surface area contributed by atoms with Gasteiger partial charge in [0, 0.05) is 5.69 Å². The zero-order valence-electron chi connectivity index (χ0n) is 11.7. The second kappa shape index (κ2) is 4.91. The van der Waals surface area contributed by atoms with E-state index < -0.39 is 16.9 Å². The molecule has 0 fully saturated rings. The number of carbonyl (C=O) groups excluding carboxylic acids is 1. The number of benzene rings is 1. The quantitative estimate of drug-likeness (QED) is 0.724. The zero-order chi connectivity index (χ0) is 14.8. The number of para-hydroxylation sites is 1. The van der Waals surface area contributed by atoms with Crippen LogP contribution in [-0.4, -0.2) is 22.5 Å². The normalized spacial score (nSPS) is 12.0. The van der Waals surface area contributed by atoms with E-state index >= 15 is 0 Å². The summed E-state index contributed by atoms with van der Waals surface area (Å²) in [6, 6.07) is 6.68. The van der Waals surface area contributed by atoms with Gasteiger partial charge in [0.2, 0.25) is 0 Å². The summed E-state index contributed by atoms with van der Waals surface area (Å²) in [5.74, 6) is -1.35. The molecule has 0 radical (unpaired) electrons. The summed E-state index contributed by atoms with van der Waals surface area (Å²) >= 11 is 0.